The number of amides is 1. The van der Waals surface area contributed by atoms with Crippen molar-refractivity contribution in [2.24, 2.45) is 0 Å². The monoisotopic (exact) mass is 309 g/mol. The van der Waals surface area contributed by atoms with Gasteiger partial charge in [0.25, 0.3) is 5.91 Å². The van der Waals surface area contributed by atoms with Gasteiger partial charge in [0.15, 0.2) is 5.78 Å². The summed E-state index contributed by atoms with van der Waals surface area (Å²) in [5, 5.41) is 0. The molecule has 2 aromatic rings. The Balaban J connectivity index is 2.06. The molecule has 2 aromatic carbocycles. The fourth-order valence-electron chi connectivity index (χ4n) is 2.78. The molecule has 0 aromatic heterocycles. The van der Waals surface area contributed by atoms with Crippen LogP contribution in [0.5, 0.6) is 5.75 Å². The van der Waals surface area contributed by atoms with Crippen LogP contribution < -0.4 is 9.64 Å². The van der Waals surface area contributed by atoms with E-state index in [2.05, 4.69) is 0 Å². The van der Waals surface area contributed by atoms with Crippen LogP contribution in [0, 0.1) is 0 Å². The van der Waals surface area contributed by atoms with E-state index in [0.29, 0.717) is 23.5 Å². The number of benzene rings is 2. The summed E-state index contributed by atoms with van der Waals surface area (Å²) in [7, 11) is 0. The van der Waals surface area contributed by atoms with E-state index in [1.165, 1.54) is 6.92 Å². The van der Waals surface area contributed by atoms with Crippen molar-refractivity contribution in [3.8, 4) is 5.75 Å². The van der Waals surface area contributed by atoms with E-state index in [0.717, 1.165) is 12.0 Å². The van der Waals surface area contributed by atoms with E-state index in [-0.39, 0.29) is 11.7 Å². The highest BCUT2D eigenvalue weighted by molar-refractivity contribution is 6.03. The normalized spacial score (nSPS) is 16.7. The van der Waals surface area contributed by atoms with Gasteiger partial charge in [-0.25, -0.2) is 0 Å². The minimum atomic E-state index is -0.640. The number of nitrogens with zero attached hydrogens (tertiary/aromatic N) is 1. The van der Waals surface area contributed by atoms with Crippen molar-refractivity contribution in [3.05, 3.63) is 59.7 Å². The Morgan fingerprint density at radius 3 is 2.57 bits per heavy atom. The van der Waals surface area contributed by atoms with Gasteiger partial charge in [0.1, 0.15) is 5.75 Å². The van der Waals surface area contributed by atoms with Crippen molar-refractivity contribution in [2.45, 2.75) is 26.4 Å². The van der Waals surface area contributed by atoms with E-state index >= 15 is 0 Å². The smallest absolute Gasteiger partial charge is 0.272 e. The molecule has 0 radical (unpaired) electrons. The highest BCUT2D eigenvalue weighted by atomic mass is 16.5. The molecule has 118 valence electrons. The summed E-state index contributed by atoms with van der Waals surface area (Å²) in [5.41, 5.74) is 2.09. The summed E-state index contributed by atoms with van der Waals surface area (Å²) >= 11 is 0. The maximum atomic E-state index is 12.9. The average molecular weight is 309 g/mol. The van der Waals surface area contributed by atoms with Gasteiger partial charge >= 0.3 is 0 Å². The number of hydrogen-bond donors (Lipinski definition) is 0. The van der Waals surface area contributed by atoms with Crippen molar-refractivity contribution >= 4 is 17.4 Å². The van der Waals surface area contributed by atoms with Crippen LogP contribution in [0.25, 0.3) is 0 Å². The Bertz CT molecular complexity index is 740. The zero-order valence-electron chi connectivity index (χ0n) is 13.3. The number of Topliss-reactive ketones (excluding diaryl/α,β-unsaturated/α-hetero) is 1. The summed E-state index contributed by atoms with van der Waals surface area (Å²) in [4.78, 5) is 26.2. The maximum absolute atomic E-state index is 12.9. The van der Waals surface area contributed by atoms with E-state index in [4.69, 9.17) is 4.74 Å². The molecule has 1 aliphatic rings. The molecule has 4 nitrogen and oxygen atoms in total. The fraction of sp³-hybridized carbons (Fsp3) is 0.263. The Kier molecular flexibility index (Phi) is 4.15. The van der Waals surface area contributed by atoms with Crippen LogP contribution >= 0.6 is 0 Å². The Morgan fingerprint density at radius 1 is 1.17 bits per heavy atom. The number of rotatable bonds is 4. The molecule has 4 heteroatoms. The summed E-state index contributed by atoms with van der Waals surface area (Å²) in [5.74, 6) is 0.519. The number of ketones is 1. The molecule has 0 N–H and O–H groups in total. The van der Waals surface area contributed by atoms with Crippen LogP contribution in [-0.4, -0.2) is 18.2 Å². The minimum Gasteiger partial charge on any atom is -0.474 e. The summed E-state index contributed by atoms with van der Waals surface area (Å²) in [6.07, 6.45) is 0.190. The number of ether oxygens (including phenoxy) is 1. The summed E-state index contributed by atoms with van der Waals surface area (Å²) in [6.45, 7) is 4.14. The van der Waals surface area contributed by atoms with Crippen molar-refractivity contribution in [2.75, 3.05) is 11.4 Å². The highest BCUT2D eigenvalue weighted by Gasteiger charge is 2.35. The van der Waals surface area contributed by atoms with Crippen molar-refractivity contribution in [3.63, 3.8) is 0 Å². The van der Waals surface area contributed by atoms with Gasteiger partial charge in [-0.15, -0.1) is 0 Å². The lowest BCUT2D eigenvalue weighted by Crippen LogP contribution is -2.41. The molecule has 1 amide bonds. The largest absolute Gasteiger partial charge is 0.474 e. The predicted molar refractivity (Wildman–Crippen MR) is 88.9 cm³/mol. The van der Waals surface area contributed by atoms with Gasteiger partial charge in [-0.1, -0.05) is 37.3 Å². The van der Waals surface area contributed by atoms with Gasteiger partial charge in [0.05, 0.1) is 5.69 Å². The van der Waals surface area contributed by atoms with Crippen molar-refractivity contribution in [1.82, 2.24) is 0 Å². The molecule has 0 spiro atoms. The third kappa shape index (κ3) is 2.84. The highest BCUT2D eigenvalue weighted by Crippen LogP contribution is 2.39. The first-order valence-electron chi connectivity index (χ1n) is 7.79. The first-order chi connectivity index (χ1) is 11.1. The second-order valence-electron chi connectivity index (χ2n) is 5.64. The second kappa shape index (κ2) is 6.24. The van der Waals surface area contributed by atoms with Crippen LogP contribution in [0.2, 0.25) is 0 Å². The average Bonchev–Trinajstić information content (AvgIpc) is 2.57. The lowest BCUT2D eigenvalue weighted by molar-refractivity contribution is -0.126. The van der Waals surface area contributed by atoms with Gasteiger partial charge < -0.3 is 9.64 Å². The summed E-state index contributed by atoms with van der Waals surface area (Å²) in [6, 6.07) is 14.7. The van der Waals surface area contributed by atoms with Gasteiger partial charge in [-0.3, -0.25) is 9.59 Å². The van der Waals surface area contributed by atoms with Crippen LogP contribution in [-0.2, 0) is 4.79 Å². The third-order valence-electron chi connectivity index (χ3n) is 3.94. The predicted octanol–water partition coefficient (Wildman–Crippen LogP) is 3.77. The van der Waals surface area contributed by atoms with E-state index < -0.39 is 6.10 Å². The topological polar surface area (TPSA) is 46.6 Å². The van der Waals surface area contributed by atoms with Crippen LogP contribution in [0.15, 0.2) is 48.5 Å². The zero-order valence-corrected chi connectivity index (χ0v) is 13.3. The van der Waals surface area contributed by atoms with Gasteiger partial charge in [-0.05, 0) is 31.5 Å². The number of hydrogen-bond acceptors (Lipinski definition) is 3. The molecule has 0 bridgehead atoms. The van der Waals surface area contributed by atoms with Crippen LogP contribution in [0.4, 0.5) is 5.69 Å². The molecule has 0 saturated heterocycles. The molecule has 0 aliphatic carbocycles. The third-order valence-corrected chi connectivity index (χ3v) is 3.94. The standard InChI is InChI=1S/C19H19NO3/c1-3-11-20-16-12-15(13(2)21)9-10-17(16)23-18(19(20)22)14-7-5-4-6-8-14/h4-10,12,18H,3,11H2,1-2H3. The SMILES string of the molecule is CCCN1C(=O)C(c2ccccc2)Oc2ccc(C(C)=O)cc21. The number of anilines is 1. The molecular formula is C19H19NO3. The van der Waals surface area contributed by atoms with E-state index in [1.54, 1.807) is 23.1 Å². The first kappa shape index (κ1) is 15.3. The Morgan fingerprint density at radius 2 is 1.91 bits per heavy atom. The lowest BCUT2D eigenvalue weighted by atomic mass is 10.0. The summed E-state index contributed by atoms with van der Waals surface area (Å²) < 4.78 is 5.94. The fourth-order valence-corrected chi connectivity index (χ4v) is 2.78. The molecular weight excluding hydrogens is 290 g/mol. The Hall–Kier alpha value is -2.62. The molecule has 1 aliphatic heterocycles. The van der Waals surface area contributed by atoms with Crippen molar-refractivity contribution in [1.29, 1.82) is 0 Å². The second-order valence-corrected chi connectivity index (χ2v) is 5.64. The van der Waals surface area contributed by atoms with Gasteiger partial charge in [0.2, 0.25) is 6.10 Å². The maximum Gasteiger partial charge on any atom is 0.272 e. The van der Waals surface area contributed by atoms with E-state index in [9.17, 15) is 9.59 Å². The lowest BCUT2D eigenvalue weighted by Gasteiger charge is -2.34. The molecule has 0 fully saturated rings. The quantitative estimate of drug-likeness (QED) is 0.808. The zero-order chi connectivity index (χ0) is 16.4. The molecule has 1 atom stereocenters. The molecule has 1 unspecified atom stereocenters. The van der Waals surface area contributed by atoms with Gasteiger partial charge in [-0.2, -0.15) is 0 Å². The number of carbonyl (C=O) groups is 2. The van der Waals surface area contributed by atoms with Crippen molar-refractivity contribution < 1.29 is 14.3 Å². The van der Waals surface area contributed by atoms with E-state index in [1.807, 2.05) is 37.3 Å². The van der Waals surface area contributed by atoms with Gasteiger partial charge in [0, 0.05) is 17.7 Å². The Labute approximate surface area is 135 Å². The van der Waals surface area contributed by atoms with Crippen LogP contribution in [0.3, 0.4) is 0 Å². The molecule has 23 heavy (non-hydrogen) atoms. The number of carbonyl (C=O) groups excluding carboxylic acids is 2. The number of fused-ring (bicyclic) bond motifs is 1. The molecule has 0 saturated carbocycles. The minimum absolute atomic E-state index is 0.0260. The molecule has 3 rings (SSSR count). The molecule has 1 heterocycles. The first-order valence-corrected chi connectivity index (χ1v) is 7.79. The van der Waals surface area contributed by atoms with Crippen LogP contribution in [0.1, 0.15) is 42.3 Å².